The van der Waals surface area contributed by atoms with Crippen LogP contribution in [0.2, 0.25) is 0 Å². The third-order valence-corrected chi connectivity index (χ3v) is 5.23. The maximum Gasteiger partial charge on any atom is 0.195 e. The van der Waals surface area contributed by atoms with Gasteiger partial charge in [0.1, 0.15) is 5.82 Å². The van der Waals surface area contributed by atoms with Crippen LogP contribution in [0.4, 0.5) is 0 Å². The summed E-state index contributed by atoms with van der Waals surface area (Å²) in [4.78, 5) is 0. The van der Waals surface area contributed by atoms with Crippen LogP contribution in [-0.2, 0) is 22.8 Å². The number of aryl methyl sites for hydroxylation is 1. The number of hydrogen-bond acceptors (Lipinski definition) is 4. The summed E-state index contributed by atoms with van der Waals surface area (Å²) in [5.41, 5.74) is 0. The molecule has 0 aliphatic carbocycles. The van der Waals surface area contributed by atoms with Gasteiger partial charge in [0.2, 0.25) is 0 Å². The molecule has 1 aromatic heterocycles. The van der Waals surface area contributed by atoms with Crippen molar-refractivity contribution in [3.8, 4) is 0 Å². The highest BCUT2D eigenvalue weighted by atomic mass is 32.2. The Balaban J connectivity index is 2.14. The third kappa shape index (κ3) is 2.95. The lowest BCUT2D eigenvalue weighted by atomic mass is 10.1. The first-order chi connectivity index (χ1) is 8.02. The van der Waals surface area contributed by atoms with E-state index in [1.807, 2.05) is 4.57 Å². The van der Waals surface area contributed by atoms with Gasteiger partial charge in [-0.3, -0.25) is 5.10 Å². The van der Waals surface area contributed by atoms with E-state index in [0.29, 0.717) is 17.1 Å². The van der Waals surface area contributed by atoms with Crippen LogP contribution in [0, 0.1) is 10.7 Å². The fraction of sp³-hybridized carbons (Fsp3) is 0.800. The van der Waals surface area contributed by atoms with Gasteiger partial charge in [-0.1, -0.05) is 6.92 Å². The Morgan fingerprint density at radius 3 is 2.94 bits per heavy atom. The van der Waals surface area contributed by atoms with E-state index in [-0.39, 0.29) is 11.7 Å². The molecule has 1 aliphatic rings. The number of nitrogens with zero attached hydrogens (tertiary/aromatic N) is 2. The monoisotopic (exact) mass is 275 g/mol. The van der Waals surface area contributed by atoms with E-state index in [1.165, 1.54) is 0 Å². The van der Waals surface area contributed by atoms with Crippen molar-refractivity contribution in [2.24, 2.45) is 5.92 Å². The Hall–Kier alpha value is -0.690. The predicted octanol–water partition coefficient (Wildman–Crippen LogP) is 1.33. The van der Waals surface area contributed by atoms with Crippen molar-refractivity contribution in [3.63, 3.8) is 0 Å². The van der Waals surface area contributed by atoms with Crippen LogP contribution >= 0.6 is 12.2 Å². The Morgan fingerprint density at radius 1 is 1.59 bits per heavy atom. The zero-order chi connectivity index (χ0) is 12.5. The highest BCUT2D eigenvalue weighted by Gasteiger charge is 2.28. The Kier molecular flexibility index (Phi) is 3.67. The molecule has 0 amide bonds. The average molecular weight is 275 g/mol. The summed E-state index contributed by atoms with van der Waals surface area (Å²) in [7, 11) is -2.81. The number of aromatic nitrogens is 3. The molecular formula is C10H17N3O2S2. The maximum atomic E-state index is 11.4. The number of H-pyrrole nitrogens is 1. The van der Waals surface area contributed by atoms with E-state index in [0.717, 1.165) is 25.1 Å². The molecule has 1 aliphatic heterocycles. The largest absolute Gasteiger partial charge is 0.304 e. The number of sulfone groups is 1. The first kappa shape index (κ1) is 12.8. The molecule has 1 saturated heterocycles. The molecule has 0 bridgehead atoms. The van der Waals surface area contributed by atoms with Gasteiger partial charge in [-0.2, -0.15) is 5.10 Å². The third-order valence-electron chi connectivity index (χ3n) is 3.08. The van der Waals surface area contributed by atoms with Gasteiger partial charge in [0, 0.05) is 13.0 Å². The summed E-state index contributed by atoms with van der Waals surface area (Å²) < 4.78 is 25.4. The Morgan fingerprint density at radius 2 is 2.35 bits per heavy atom. The molecule has 1 aromatic rings. The molecule has 7 heteroatoms. The quantitative estimate of drug-likeness (QED) is 0.842. The first-order valence-electron chi connectivity index (χ1n) is 5.86. The smallest absolute Gasteiger partial charge is 0.195 e. The van der Waals surface area contributed by atoms with Crippen LogP contribution in [0.25, 0.3) is 0 Å². The van der Waals surface area contributed by atoms with Crippen LogP contribution < -0.4 is 0 Å². The van der Waals surface area contributed by atoms with Crippen LogP contribution in [0.1, 0.15) is 25.6 Å². The normalized spacial score (nSPS) is 23.0. The van der Waals surface area contributed by atoms with Crippen molar-refractivity contribution in [1.29, 1.82) is 0 Å². The Bertz CT molecular complexity index is 544. The van der Waals surface area contributed by atoms with E-state index in [2.05, 4.69) is 17.1 Å². The van der Waals surface area contributed by atoms with Gasteiger partial charge >= 0.3 is 0 Å². The van der Waals surface area contributed by atoms with Crippen LogP contribution in [0.15, 0.2) is 0 Å². The number of nitrogens with one attached hydrogen (secondary N) is 1. The highest BCUT2D eigenvalue weighted by Crippen LogP contribution is 2.21. The van der Waals surface area contributed by atoms with Gasteiger partial charge in [-0.15, -0.1) is 0 Å². The second-order valence-electron chi connectivity index (χ2n) is 4.57. The molecule has 0 spiro atoms. The molecule has 2 heterocycles. The maximum absolute atomic E-state index is 11.4. The van der Waals surface area contributed by atoms with E-state index < -0.39 is 9.84 Å². The van der Waals surface area contributed by atoms with Crippen LogP contribution in [0.3, 0.4) is 0 Å². The van der Waals surface area contributed by atoms with Crippen LogP contribution in [0.5, 0.6) is 0 Å². The van der Waals surface area contributed by atoms with Gasteiger partial charge in [0.05, 0.1) is 11.5 Å². The van der Waals surface area contributed by atoms with Crippen molar-refractivity contribution in [2.75, 3.05) is 11.5 Å². The summed E-state index contributed by atoms with van der Waals surface area (Å²) in [6, 6.07) is 0. The lowest BCUT2D eigenvalue weighted by Crippen LogP contribution is -2.14. The minimum absolute atomic E-state index is 0.180. The second-order valence-corrected chi connectivity index (χ2v) is 7.19. The molecule has 0 aromatic carbocycles. The number of rotatable bonds is 4. The van der Waals surface area contributed by atoms with E-state index in [1.54, 1.807) is 0 Å². The zero-order valence-electron chi connectivity index (χ0n) is 9.85. The number of hydrogen-bond donors (Lipinski definition) is 1. The molecule has 5 nitrogen and oxygen atoms in total. The summed E-state index contributed by atoms with van der Waals surface area (Å²) in [5.74, 6) is 1.71. The zero-order valence-corrected chi connectivity index (χ0v) is 11.5. The summed E-state index contributed by atoms with van der Waals surface area (Å²) >= 11 is 5.17. The van der Waals surface area contributed by atoms with Gasteiger partial charge in [0.15, 0.2) is 14.6 Å². The standard InChI is InChI=1S/C10H17N3O2S2/c1-2-3-9-11-12-10(16)13(9)6-8-4-5-17(14,15)7-8/h8H,2-7H2,1H3,(H,12,16). The van der Waals surface area contributed by atoms with Crippen molar-refractivity contribution in [1.82, 2.24) is 14.8 Å². The van der Waals surface area contributed by atoms with Gasteiger partial charge in [-0.25, -0.2) is 8.42 Å². The molecule has 0 saturated carbocycles. The molecule has 1 unspecified atom stereocenters. The van der Waals surface area contributed by atoms with Gasteiger partial charge in [-0.05, 0) is 31.0 Å². The topological polar surface area (TPSA) is 67.8 Å². The average Bonchev–Trinajstić information content (AvgIpc) is 2.75. The van der Waals surface area contributed by atoms with E-state index in [4.69, 9.17) is 12.2 Å². The summed E-state index contributed by atoms with van der Waals surface area (Å²) in [6.45, 7) is 2.76. The minimum atomic E-state index is -2.81. The lowest BCUT2D eigenvalue weighted by molar-refractivity contribution is 0.473. The highest BCUT2D eigenvalue weighted by molar-refractivity contribution is 7.91. The molecule has 2 rings (SSSR count). The molecule has 1 atom stereocenters. The van der Waals surface area contributed by atoms with E-state index in [9.17, 15) is 8.42 Å². The van der Waals surface area contributed by atoms with Gasteiger partial charge in [0.25, 0.3) is 0 Å². The fourth-order valence-electron chi connectivity index (χ4n) is 2.23. The SMILES string of the molecule is CCCc1n[nH]c(=S)n1CC1CCS(=O)(=O)C1. The van der Waals surface area contributed by atoms with Crippen molar-refractivity contribution in [3.05, 3.63) is 10.6 Å². The summed E-state index contributed by atoms with van der Waals surface area (Å²) in [5, 5.41) is 6.96. The Labute approximate surface area is 106 Å². The predicted molar refractivity (Wildman–Crippen MR) is 68.2 cm³/mol. The minimum Gasteiger partial charge on any atom is -0.304 e. The molecule has 0 radical (unpaired) electrons. The first-order valence-corrected chi connectivity index (χ1v) is 8.09. The fourth-order valence-corrected chi connectivity index (χ4v) is 4.30. The molecular weight excluding hydrogens is 258 g/mol. The van der Waals surface area contributed by atoms with Crippen molar-refractivity contribution < 1.29 is 8.42 Å². The van der Waals surface area contributed by atoms with Crippen LogP contribution in [-0.4, -0.2) is 34.7 Å². The number of aromatic amines is 1. The van der Waals surface area contributed by atoms with Crippen molar-refractivity contribution in [2.45, 2.75) is 32.7 Å². The molecule has 1 N–H and O–H groups in total. The van der Waals surface area contributed by atoms with Crippen molar-refractivity contribution >= 4 is 22.1 Å². The molecule has 17 heavy (non-hydrogen) atoms. The lowest BCUT2D eigenvalue weighted by Gasteiger charge is -2.10. The summed E-state index contributed by atoms with van der Waals surface area (Å²) in [6.07, 6.45) is 2.61. The van der Waals surface area contributed by atoms with E-state index >= 15 is 0 Å². The van der Waals surface area contributed by atoms with Gasteiger partial charge < -0.3 is 4.57 Å². The molecule has 1 fully saturated rings. The second kappa shape index (κ2) is 4.89. The molecule has 96 valence electrons.